The van der Waals surface area contributed by atoms with Gasteiger partial charge in [-0.2, -0.15) is 0 Å². The van der Waals surface area contributed by atoms with Gasteiger partial charge in [-0.15, -0.1) is 0 Å². The lowest BCUT2D eigenvalue weighted by molar-refractivity contribution is 0.0919. The van der Waals surface area contributed by atoms with Gasteiger partial charge in [-0.05, 0) is 43.0 Å². The van der Waals surface area contributed by atoms with E-state index in [0.717, 1.165) is 30.6 Å². The lowest BCUT2D eigenvalue weighted by Crippen LogP contribution is -2.08. The second kappa shape index (κ2) is 2.38. The van der Waals surface area contributed by atoms with Gasteiger partial charge in [-0.3, -0.25) is 4.79 Å². The molecule has 0 heterocycles. The quantitative estimate of drug-likeness (QED) is 0.675. The number of ether oxygens (including phenoxy) is 1. The lowest BCUT2D eigenvalue weighted by atomic mass is 10.0. The van der Waals surface area contributed by atoms with E-state index in [1.807, 2.05) is 18.2 Å². The molecule has 0 atom stereocenters. The predicted molar refractivity (Wildman–Crippen MR) is 52.7 cm³/mol. The Morgan fingerprint density at radius 1 is 1.36 bits per heavy atom. The van der Waals surface area contributed by atoms with Gasteiger partial charge in [0.2, 0.25) is 0 Å². The summed E-state index contributed by atoms with van der Waals surface area (Å²) in [5.41, 5.74) is 2.10. The van der Waals surface area contributed by atoms with Gasteiger partial charge >= 0.3 is 0 Å². The first kappa shape index (κ1) is 8.04. The van der Waals surface area contributed by atoms with Gasteiger partial charge in [0.15, 0.2) is 5.78 Å². The Balaban J connectivity index is 2.09. The molecule has 1 aromatic rings. The molecule has 0 unspecified atom stereocenters. The number of Topliss-reactive ketones (excluding diaryl/α,β-unsaturated/α-hetero) is 1. The molecule has 14 heavy (non-hydrogen) atoms. The van der Waals surface area contributed by atoms with Crippen molar-refractivity contribution in [1.29, 1.82) is 0 Å². The maximum atomic E-state index is 11.9. The third-order valence-corrected chi connectivity index (χ3v) is 3.42. The summed E-state index contributed by atoms with van der Waals surface area (Å²) in [5.74, 6) is 1.21. The van der Waals surface area contributed by atoms with E-state index in [4.69, 9.17) is 4.74 Å². The van der Waals surface area contributed by atoms with E-state index in [9.17, 15) is 4.79 Å². The Bertz CT molecular complexity index is 416. The second-order valence-corrected chi connectivity index (χ2v) is 4.31. The van der Waals surface area contributed by atoms with Gasteiger partial charge in [-0.1, -0.05) is 0 Å². The smallest absolute Gasteiger partial charge is 0.169 e. The third kappa shape index (κ3) is 0.884. The van der Waals surface area contributed by atoms with Crippen LogP contribution in [-0.4, -0.2) is 12.9 Å². The van der Waals surface area contributed by atoms with Gasteiger partial charge in [0, 0.05) is 11.0 Å². The molecule has 0 saturated heterocycles. The summed E-state index contributed by atoms with van der Waals surface area (Å²) in [6.45, 7) is 0. The van der Waals surface area contributed by atoms with Crippen molar-refractivity contribution in [2.24, 2.45) is 5.41 Å². The van der Waals surface area contributed by atoms with Crippen LogP contribution in [0.4, 0.5) is 0 Å². The second-order valence-electron chi connectivity index (χ2n) is 4.31. The average Bonchev–Trinajstić information content (AvgIpc) is 2.92. The number of benzene rings is 1. The Labute approximate surface area is 82.9 Å². The van der Waals surface area contributed by atoms with E-state index < -0.39 is 0 Å². The van der Waals surface area contributed by atoms with Crippen molar-refractivity contribution in [2.45, 2.75) is 19.3 Å². The first-order chi connectivity index (χ1) is 6.75. The summed E-state index contributed by atoms with van der Waals surface area (Å²) in [5, 5.41) is 0. The zero-order chi connectivity index (χ0) is 9.76. The minimum atomic E-state index is 0.00863. The van der Waals surface area contributed by atoms with Crippen molar-refractivity contribution in [1.82, 2.24) is 0 Å². The van der Waals surface area contributed by atoms with Gasteiger partial charge in [-0.25, -0.2) is 0 Å². The Morgan fingerprint density at radius 2 is 2.14 bits per heavy atom. The highest BCUT2D eigenvalue weighted by molar-refractivity contribution is 6.06. The predicted octanol–water partition coefficient (Wildman–Crippen LogP) is 2.21. The molecule has 0 amide bonds. The number of carbonyl (C=O) groups excluding carboxylic acids is 1. The van der Waals surface area contributed by atoms with Crippen LogP contribution in [0.15, 0.2) is 18.2 Å². The molecular formula is C12H12O2. The van der Waals surface area contributed by atoms with Crippen LogP contribution in [0.3, 0.4) is 0 Å². The SMILES string of the molecule is COc1ccc2c(c1)CC1(CC1)C2=O. The Morgan fingerprint density at radius 3 is 2.79 bits per heavy atom. The van der Waals surface area contributed by atoms with Crippen LogP contribution in [-0.2, 0) is 6.42 Å². The van der Waals surface area contributed by atoms with Crippen molar-refractivity contribution < 1.29 is 9.53 Å². The largest absolute Gasteiger partial charge is 0.497 e. The number of hydrogen-bond acceptors (Lipinski definition) is 2. The van der Waals surface area contributed by atoms with Crippen LogP contribution in [0.25, 0.3) is 0 Å². The molecule has 2 aliphatic carbocycles. The molecule has 0 N–H and O–H groups in total. The van der Waals surface area contributed by atoms with Gasteiger partial charge in [0.1, 0.15) is 5.75 Å². The summed E-state index contributed by atoms with van der Waals surface area (Å²) in [4.78, 5) is 11.9. The van der Waals surface area contributed by atoms with Gasteiger partial charge in [0.05, 0.1) is 7.11 Å². The van der Waals surface area contributed by atoms with Crippen molar-refractivity contribution in [3.05, 3.63) is 29.3 Å². The van der Waals surface area contributed by atoms with Crippen LogP contribution in [0.2, 0.25) is 0 Å². The Kier molecular flexibility index (Phi) is 1.37. The van der Waals surface area contributed by atoms with Crippen molar-refractivity contribution in [3.8, 4) is 5.75 Å². The van der Waals surface area contributed by atoms with Crippen molar-refractivity contribution >= 4 is 5.78 Å². The molecule has 0 radical (unpaired) electrons. The standard InChI is InChI=1S/C12H12O2/c1-14-9-2-3-10-8(6-9)7-12(4-5-12)11(10)13/h2-3,6H,4-5,7H2,1H3. The minimum absolute atomic E-state index is 0.00863. The summed E-state index contributed by atoms with van der Waals surface area (Å²) < 4.78 is 5.15. The highest BCUT2D eigenvalue weighted by atomic mass is 16.5. The molecule has 1 fully saturated rings. The number of rotatable bonds is 1. The molecule has 1 aromatic carbocycles. The number of carbonyl (C=O) groups is 1. The van der Waals surface area contributed by atoms with E-state index in [1.54, 1.807) is 7.11 Å². The number of fused-ring (bicyclic) bond motifs is 1. The maximum Gasteiger partial charge on any atom is 0.169 e. The van der Waals surface area contributed by atoms with Crippen LogP contribution in [0, 0.1) is 5.41 Å². The lowest BCUT2D eigenvalue weighted by Gasteiger charge is -2.01. The molecule has 2 heteroatoms. The fourth-order valence-corrected chi connectivity index (χ4v) is 2.35. The first-order valence-corrected chi connectivity index (χ1v) is 4.97. The fraction of sp³-hybridized carbons (Fsp3) is 0.417. The van der Waals surface area contributed by atoms with Crippen LogP contribution < -0.4 is 4.74 Å². The van der Waals surface area contributed by atoms with E-state index >= 15 is 0 Å². The zero-order valence-electron chi connectivity index (χ0n) is 8.17. The van der Waals surface area contributed by atoms with Crippen molar-refractivity contribution in [2.75, 3.05) is 7.11 Å². The number of ketones is 1. The molecular weight excluding hydrogens is 176 g/mol. The van der Waals surface area contributed by atoms with Gasteiger partial charge < -0.3 is 4.74 Å². The van der Waals surface area contributed by atoms with Gasteiger partial charge in [0.25, 0.3) is 0 Å². The molecule has 0 aliphatic heterocycles. The molecule has 72 valence electrons. The summed E-state index contributed by atoms with van der Waals surface area (Å²) in [6.07, 6.45) is 3.07. The summed E-state index contributed by atoms with van der Waals surface area (Å²) in [6, 6.07) is 5.78. The van der Waals surface area contributed by atoms with E-state index in [0.29, 0.717) is 5.78 Å². The fourth-order valence-electron chi connectivity index (χ4n) is 2.35. The van der Waals surface area contributed by atoms with Crippen molar-refractivity contribution in [3.63, 3.8) is 0 Å². The Hall–Kier alpha value is -1.31. The number of hydrogen-bond donors (Lipinski definition) is 0. The van der Waals surface area contributed by atoms with E-state index in [1.165, 1.54) is 5.56 Å². The summed E-state index contributed by atoms with van der Waals surface area (Å²) in [7, 11) is 1.66. The van der Waals surface area contributed by atoms with Crippen LogP contribution in [0.1, 0.15) is 28.8 Å². The van der Waals surface area contributed by atoms with Crippen LogP contribution >= 0.6 is 0 Å². The molecule has 1 saturated carbocycles. The number of methoxy groups -OCH3 is 1. The maximum absolute atomic E-state index is 11.9. The molecule has 3 rings (SSSR count). The molecule has 2 aliphatic rings. The monoisotopic (exact) mass is 188 g/mol. The summed E-state index contributed by atoms with van der Waals surface area (Å²) >= 11 is 0. The molecule has 1 spiro atoms. The van der Waals surface area contributed by atoms with E-state index in [-0.39, 0.29) is 5.41 Å². The third-order valence-electron chi connectivity index (χ3n) is 3.42. The first-order valence-electron chi connectivity index (χ1n) is 4.97. The topological polar surface area (TPSA) is 26.3 Å². The normalized spacial score (nSPS) is 21.1. The highest BCUT2D eigenvalue weighted by Gasteiger charge is 2.54. The average molecular weight is 188 g/mol. The zero-order valence-corrected chi connectivity index (χ0v) is 8.17. The molecule has 0 bridgehead atoms. The van der Waals surface area contributed by atoms with Crippen LogP contribution in [0.5, 0.6) is 5.75 Å². The van der Waals surface area contributed by atoms with E-state index in [2.05, 4.69) is 0 Å². The molecule has 0 aromatic heterocycles. The highest BCUT2D eigenvalue weighted by Crippen LogP contribution is 2.55. The molecule has 2 nitrogen and oxygen atoms in total. The minimum Gasteiger partial charge on any atom is -0.497 e.